The molecule has 106 valence electrons. The van der Waals surface area contributed by atoms with Gasteiger partial charge in [-0.15, -0.1) is 0 Å². The minimum absolute atomic E-state index is 0.0633. The first-order valence-corrected chi connectivity index (χ1v) is 6.24. The normalized spacial score (nSPS) is 12.1. The Balaban J connectivity index is 2.05. The van der Waals surface area contributed by atoms with Crippen molar-refractivity contribution in [2.45, 2.75) is 20.3 Å². The largest absolute Gasteiger partial charge is 0.506 e. The Hall–Kier alpha value is -2.44. The van der Waals surface area contributed by atoms with E-state index in [0.29, 0.717) is 30.4 Å². The molecule has 2 heterocycles. The third-order valence-electron chi connectivity index (χ3n) is 2.61. The van der Waals surface area contributed by atoms with E-state index >= 15 is 0 Å². The van der Waals surface area contributed by atoms with Gasteiger partial charge in [0.05, 0.1) is 18.7 Å². The average molecular weight is 277 g/mol. The molecule has 1 unspecified atom stereocenters. The number of hydrogen-bond donors (Lipinski definition) is 1. The smallest absolute Gasteiger partial charge is 0.309 e. The van der Waals surface area contributed by atoms with Crippen LogP contribution in [0.4, 0.5) is 0 Å². The van der Waals surface area contributed by atoms with Crippen LogP contribution in [0.25, 0.3) is 11.5 Å². The fourth-order valence-corrected chi connectivity index (χ4v) is 1.59. The van der Waals surface area contributed by atoms with Crippen LogP contribution in [0, 0.1) is 5.92 Å². The summed E-state index contributed by atoms with van der Waals surface area (Å²) < 4.78 is 9.99. The first-order chi connectivity index (χ1) is 9.60. The fraction of sp³-hybridized carbons (Fsp3) is 0.385. The molecule has 0 saturated carbocycles. The number of aromatic hydroxyl groups is 1. The number of carbonyl (C=O) groups excluding carboxylic acids is 1. The van der Waals surface area contributed by atoms with Crippen molar-refractivity contribution in [2.75, 3.05) is 6.61 Å². The molecule has 7 nitrogen and oxygen atoms in total. The second-order valence-electron chi connectivity index (χ2n) is 4.27. The molecular formula is C13H15N3O4. The van der Waals surface area contributed by atoms with E-state index < -0.39 is 0 Å². The second kappa shape index (κ2) is 6.14. The molecule has 0 bridgehead atoms. The van der Waals surface area contributed by atoms with Gasteiger partial charge in [-0.25, -0.2) is 4.98 Å². The number of esters is 1. The van der Waals surface area contributed by atoms with Gasteiger partial charge in [0.1, 0.15) is 11.4 Å². The summed E-state index contributed by atoms with van der Waals surface area (Å²) in [6.45, 7) is 3.84. The van der Waals surface area contributed by atoms with E-state index in [1.807, 2.05) is 0 Å². The highest BCUT2D eigenvalue weighted by Gasteiger charge is 2.19. The maximum atomic E-state index is 11.5. The summed E-state index contributed by atoms with van der Waals surface area (Å²) in [6, 6.07) is 3.07. The Bertz CT molecular complexity index is 580. The molecule has 0 aliphatic carbocycles. The van der Waals surface area contributed by atoms with Gasteiger partial charge < -0.3 is 14.4 Å². The van der Waals surface area contributed by atoms with Crippen LogP contribution in [-0.2, 0) is 16.0 Å². The van der Waals surface area contributed by atoms with E-state index in [9.17, 15) is 4.79 Å². The number of aromatic nitrogens is 3. The molecule has 7 heteroatoms. The van der Waals surface area contributed by atoms with E-state index in [4.69, 9.17) is 14.4 Å². The molecule has 1 atom stereocenters. The summed E-state index contributed by atoms with van der Waals surface area (Å²) in [5.41, 5.74) is 0.488. The van der Waals surface area contributed by atoms with E-state index in [1.54, 1.807) is 19.9 Å². The van der Waals surface area contributed by atoms with E-state index in [-0.39, 0.29) is 17.6 Å². The Morgan fingerprint density at radius 3 is 2.95 bits per heavy atom. The van der Waals surface area contributed by atoms with Gasteiger partial charge in [-0.05, 0) is 19.1 Å². The van der Waals surface area contributed by atoms with Gasteiger partial charge in [0, 0.05) is 6.42 Å². The fourth-order valence-electron chi connectivity index (χ4n) is 1.59. The maximum absolute atomic E-state index is 11.5. The van der Waals surface area contributed by atoms with Gasteiger partial charge in [0.15, 0.2) is 0 Å². The number of rotatable bonds is 5. The standard InChI is InChI=1S/C13H15N3O4/c1-3-19-13(18)8(2)6-11-15-12(16-20-11)10-5-4-9(17)7-14-10/h4-5,7-8,17H,3,6H2,1-2H3. The Kier molecular flexibility index (Phi) is 4.29. The molecule has 0 amide bonds. The molecule has 0 aliphatic heterocycles. The zero-order chi connectivity index (χ0) is 14.5. The maximum Gasteiger partial charge on any atom is 0.309 e. The summed E-state index contributed by atoms with van der Waals surface area (Å²) in [5, 5.41) is 13.0. The molecule has 0 saturated heterocycles. The minimum Gasteiger partial charge on any atom is -0.506 e. The molecule has 20 heavy (non-hydrogen) atoms. The highest BCUT2D eigenvalue weighted by atomic mass is 16.5. The molecule has 0 aromatic carbocycles. The lowest BCUT2D eigenvalue weighted by molar-refractivity contribution is -0.147. The van der Waals surface area contributed by atoms with Crippen LogP contribution >= 0.6 is 0 Å². The minimum atomic E-state index is -0.351. The van der Waals surface area contributed by atoms with Crippen molar-refractivity contribution in [2.24, 2.45) is 5.92 Å². The van der Waals surface area contributed by atoms with Gasteiger partial charge in [0.2, 0.25) is 11.7 Å². The lowest BCUT2D eigenvalue weighted by Gasteiger charge is -2.06. The molecule has 2 aromatic heterocycles. The average Bonchev–Trinajstić information content (AvgIpc) is 2.88. The molecule has 2 aromatic rings. The van der Waals surface area contributed by atoms with Crippen molar-refractivity contribution in [1.29, 1.82) is 0 Å². The van der Waals surface area contributed by atoms with Crippen LogP contribution in [0.2, 0.25) is 0 Å². The van der Waals surface area contributed by atoms with Gasteiger partial charge >= 0.3 is 5.97 Å². The van der Waals surface area contributed by atoms with Crippen LogP contribution in [0.1, 0.15) is 19.7 Å². The lowest BCUT2D eigenvalue weighted by atomic mass is 10.1. The van der Waals surface area contributed by atoms with Gasteiger partial charge in [0.25, 0.3) is 0 Å². The van der Waals surface area contributed by atoms with Crippen molar-refractivity contribution >= 4 is 5.97 Å². The van der Waals surface area contributed by atoms with Crippen molar-refractivity contribution in [1.82, 2.24) is 15.1 Å². The number of ether oxygens (including phenoxy) is 1. The molecule has 0 spiro atoms. The lowest BCUT2D eigenvalue weighted by Crippen LogP contribution is -2.17. The monoisotopic (exact) mass is 277 g/mol. The predicted octanol–water partition coefficient (Wildman–Crippen LogP) is 1.58. The Morgan fingerprint density at radius 1 is 1.50 bits per heavy atom. The molecule has 2 rings (SSSR count). The Morgan fingerprint density at radius 2 is 2.30 bits per heavy atom. The van der Waals surface area contributed by atoms with Crippen molar-refractivity contribution < 1.29 is 19.2 Å². The predicted molar refractivity (Wildman–Crippen MR) is 68.7 cm³/mol. The summed E-state index contributed by atoms with van der Waals surface area (Å²) in [4.78, 5) is 19.7. The van der Waals surface area contributed by atoms with Crippen LogP contribution in [0.15, 0.2) is 22.9 Å². The van der Waals surface area contributed by atoms with Crippen LogP contribution in [0.3, 0.4) is 0 Å². The molecular weight excluding hydrogens is 262 g/mol. The first kappa shape index (κ1) is 14.0. The first-order valence-electron chi connectivity index (χ1n) is 6.24. The molecule has 0 aliphatic rings. The van der Waals surface area contributed by atoms with Crippen LogP contribution in [0.5, 0.6) is 5.75 Å². The van der Waals surface area contributed by atoms with Crippen molar-refractivity contribution in [3.05, 3.63) is 24.2 Å². The van der Waals surface area contributed by atoms with E-state index in [0.717, 1.165) is 0 Å². The number of pyridine rings is 1. The second-order valence-corrected chi connectivity index (χ2v) is 4.27. The number of hydrogen-bond acceptors (Lipinski definition) is 7. The quantitative estimate of drug-likeness (QED) is 0.828. The van der Waals surface area contributed by atoms with Gasteiger partial charge in [-0.1, -0.05) is 12.1 Å². The SMILES string of the molecule is CCOC(=O)C(C)Cc1nc(-c2ccc(O)cn2)no1. The zero-order valence-electron chi connectivity index (χ0n) is 11.2. The third-order valence-corrected chi connectivity index (χ3v) is 2.61. The van der Waals surface area contributed by atoms with Crippen LogP contribution < -0.4 is 0 Å². The van der Waals surface area contributed by atoms with Gasteiger partial charge in [-0.3, -0.25) is 4.79 Å². The highest BCUT2D eigenvalue weighted by Crippen LogP contribution is 2.17. The molecule has 1 N–H and O–H groups in total. The van der Waals surface area contributed by atoms with Crippen molar-refractivity contribution in [3.63, 3.8) is 0 Å². The highest BCUT2D eigenvalue weighted by molar-refractivity contribution is 5.72. The van der Waals surface area contributed by atoms with Crippen LogP contribution in [-0.4, -0.2) is 32.8 Å². The summed E-state index contributed by atoms with van der Waals surface area (Å²) in [7, 11) is 0. The summed E-state index contributed by atoms with van der Waals surface area (Å²) in [5.74, 6) is 0.0749. The number of nitrogens with zero attached hydrogens (tertiary/aromatic N) is 3. The van der Waals surface area contributed by atoms with Crippen molar-refractivity contribution in [3.8, 4) is 17.3 Å². The topological polar surface area (TPSA) is 98.3 Å². The molecule has 0 fully saturated rings. The van der Waals surface area contributed by atoms with Gasteiger partial charge in [-0.2, -0.15) is 4.98 Å². The third kappa shape index (κ3) is 3.31. The molecule has 0 radical (unpaired) electrons. The van der Waals surface area contributed by atoms with E-state index in [1.165, 1.54) is 12.3 Å². The Labute approximate surface area is 115 Å². The zero-order valence-corrected chi connectivity index (χ0v) is 11.2. The number of carbonyl (C=O) groups is 1. The summed E-state index contributed by atoms with van der Waals surface area (Å²) >= 11 is 0. The van der Waals surface area contributed by atoms with E-state index in [2.05, 4.69) is 15.1 Å². The summed E-state index contributed by atoms with van der Waals surface area (Å²) in [6.07, 6.45) is 1.61.